The Balaban J connectivity index is 1.53. The number of rotatable bonds is 6. The first-order valence-electron chi connectivity index (χ1n) is 7.66. The molecule has 0 bridgehead atoms. The molecule has 128 valence electrons. The molecule has 0 unspecified atom stereocenters. The Labute approximate surface area is 153 Å². The van der Waals surface area contributed by atoms with E-state index < -0.39 is 0 Å². The predicted molar refractivity (Wildman–Crippen MR) is 95.9 cm³/mol. The monoisotopic (exact) mass is 401 g/mol. The minimum atomic E-state index is -0.191. The number of benzene rings is 2. The summed E-state index contributed by atoms with van der Waals surface area (Å²) in [5.41, 5.74) is 1.80. The van der Waals surface area contributed by atoms with Gasteiger partial charge < -0.3 is 14.5 Å². The second-order valence-electron chi connectivity index (χ2n) is 5.37. The fourth-order valence-corrected chi connectivity index (χ4v) is 2.96. The lowest BCUT2D eigenvalue weighted by Gasteiger charge is -2.16. The number of amides is 1. The SMILES string of the molecule is C[C@@H](NC(=O)COc1ccc(-c2nnco2)cc1)c1ccccc1Br. The lowest BCUT2D eigenvalue weighted by molar-refractivity contribution is -0.123. The molecule has 0 aliphatic rings. The van der Waals surface area contributed by atoms with Gasteiger partial charge in [0.2, 0.25) is 12.3 Å². The molecule has 2 aromatic carbocycles. The van der Waals surface area contributed by atoms with E-state index >= 15 is 0 Å². The highest BCUT2D eigenvalue weighted by Crippen LogP contribution is 2.23. The van der Waals surface area contributed by atoms with E-state index in [0.717, 1.165) is 15.6 Å². The van der Waals surface area contributed by atoms with Crippen LogP contribution in [-0.2, 0) is 4.79 Å². The first-order valence-corrected chi connectivity index (χ1v) is 8.46. The van der Waals surface area contributed by atoms with Crippen LogP contribution in [-0.4, -0.2) is 22.7 Å². The highest BCUT2D eigenvalue weighted by molar-refractivity contribution is 9.10. The van der Waals surface area contributed by atoms with Gasteiger partial charge in [0.15, 0.2) is 6.61 Å². The zero-order valence-corrected chi connectivity index (χ0v) is 15.1. The van der Waals surface area contributed by atoms with Crippen LogP contribution in [0.2, 0.25) is 0 Å². The van der Waals surface area contributed by atoms with Crippen molar-refractivity contribution in [3.8, 4) is 17.2 Å². The van der Waals surface area contributed by atoms with Gasteiger partial charge in [-0.2, -0.15) is 0 Å². The van der Waals surface area contributed by atoms with Crippen LogP contribution in [0.5, 0.6) is 5.75 Å². The van der Waals surface area contributed by atoms with Crippen LogP contribution in [0.3, 0.4) is 0 Å². The molecule has 1 atom stereocenters. The van der Waals surface area contributed by atoms with E-state index in [-0.39, 0.29) is 18.6 Å². The standard InChI is InChI=1S/C18H16BrN3O3/c1-12(15-4-2-3-5-16(15)19)21-17(23)10-24-14-8-6-13(7-9-14)18-22-20-11-25-18/h2-9,11-12H,10H2,1H3,(H,21,23)/t12-/m1/s1. The first-order chi connectivity index (χ1) is 12.1. The molecule has 0 saturated carbocycles. The number of nitrogens with one attached hydrogen (secondary N) is 1. The molecule has 1 heterocycles. The maximum Gasteiger partial charge on any atom is 0.258 e. The molecule has 0 radical (unpaired) electrons. The quantitative estimate of drug-likeness (QED) is 0.680. The zero-order valence-electron chi connectivity index (χ0n) is 13.5. The Kier molecular flexibility index (Phi) is 5.45. The third-order valence-electron chi connectivity index (χ3n) is 3.58. The summed E-state index contributed by atoms with van der Waals surface area (Å²) in [6, 6.07) is 14.8. The van der Waals surface area contributed by atoms with Crippen molar-refractivity contribution in [1.29, 1.82) is 0 Å². The Bertz CT molecular complexity index is 835. The van der Waals surface area contributed by atoms with Gasteiger partial charge in [-0.3, -0.25) is 4.79 Å². The summed E-state index contributed by atoms with van der Waals surface area (Å²) in [5, 5.41) is 10.4. The van der Waals surface area contributed by atoms with Crippen molar-refractivity contribution < 1.29 is 13.9 Å². The average molecular weight is 402 g/mol. The van der Waals surface area contributed by atoms with Crippen LogP contribution in [0.4, 0.5) is 0 Å². The van der Waals surface area contributed by atoms with Crippen LogP contribution in [0.1, 0.15) is 18.5 Å². The lowest BCUT2D eigenvalue weighted by Crippen LogP contribution is -2.31. The molecule has 1 amide bonds. The van der Waals surface area contributed by atoms with E-state index in [2.05, 4.69) is 31.4 Å². The lowest BCUT2D eigenvalue weighted by atomic mass is 10.1. The van der Waals surface area contributed by atoms with Gasteiger partial charge in [0.05, 0.1) is 6.04 Å². The molecule has 1 aromatic heterocycles. The number of nitrogens with zero attached hydrogens (tertiary/aromatic N) is 2. The van der Waals surface area contributed by atoms with E-state index in [1.807, 2.05) is 31.2 Å². The van der Waals surface area contributed by atoms with Crippen LogP contribution in [0.25, 0.3) is 11.5 Å². The smallest absolute Gasteiger partial charge is 0.258 e. The van der Waals surface area contributed by atoms with E-state index in [0.29, 0.717) is 11.6 Å². The van der Waals surface area contributed by atoms with Crippen LogP contribution in [0.15, 0.2) is 63.8 Å². The third kappa shape index (κ3) is 4.45. The highest BCUT2D eigenvalue weighted by Gasteiger charge is 2.12. The van der Waals surface area contributed by atoms with E-state index in [1.54, 1.807) is 24.3 Å². The van der Waals surface area contributed by atoms with Gasteiger partial charge in [-0.15, -0.1) is 10.2 Å². The fourth-order valence-electron chi connectivity index (χ4n) is 2.33. The highest BCUT2D eigenvalue weighted by atomic mass is 79.9. The Hall–Kier alpha value is -2.67. The summed E-state index contributed by atoms with van der Waals surface area (Å²) in [7, 11) is 0. The van der Waals surface area contributed by atoms with Crippen molar-refractivity contribution in [3.05, 3.63) is 65.0 Å². The number of aromatic nitrogens is 2. The third-order valence-corrected chi connectivity index (χ3v) is 4.30. The second kappa shape index (κ2) is 7.94. The minimum Gasteiger partial charge on any atom is -0.484 e. The first kappa shape index (κ1) is 17.2. The van der Waals surface area contributed by atoms with Crippen LogP contribution >= 0.6 is 15.9 Å². The molecular formula is C18H16BrN3O3. The summed E-state index contributed by atoms with van der Waals surface area (Å²) in [6.07, 6.45) is 1.27. The van der Waals surface area contributed by atoms with Crippen molar-refractivity contribution in [1.82, 2.24) is 15.5 Å². The molecule has 1 N–H and O–H groups in total. The molecule has 3 rings (SSSR count). The van der Waals surface area contributed by atoms with Crippen LogP contribution in [0, 0.1) is 0 Å². The minimum absolute atomic E-state index is 0.0608. The normalized spacial score (nSPS) is 11.8. The molecule has 0 saturated heterocycles. The number of halogens is 1. The summed E-state index contributed by atoms with van der Waals surface area (Å²) in [6.45, 7) is 1.87. The van der Waals surface area contributed by atoms with Gasteiger partial charge in [0, 0.05) is 10.0 Å². The van der Waals surface area contributed by atoms with Crippen molar-refractivity contribution in [3.63, 3.8) is 0 Å². The number of carbonyl (C=O) groups excluding carboxylic acids is 1. The fraction of sp³-hybridized carbons (Fsp3) is 0.167. The maximum absolute atomic E-state index is 12.1. The number of ether oxygens (including phenoxy) is 1. The molecule has 3 aromatic rings. The van der Waals surface area contributed by atoms with E-state index in [9.17, 15) is 4.79 Å². The second-order valence-corrected chi connectivity index (χ2v) is 6.22. The van der Waals surface area contributed by atoms with Crippen molar-refractivity contribution in [2.75, 3.05) is 6.61 Å². The molecule has 0 spiro atoms. The van der Waals surface area contributed by atoms with Crippen LogP contribution < -0.4 is 10.1 Å². The molecule has 7 heteroatoms. The Morgan fingerprint density at radius 2 is 2.00 bits per heavy atom. The zero-order chi connectivity index (χ0) is 17.6. The number of hydrogen-bond donors (Lipinski definition) is 1. The summed E-state index contributed by atoms with van der Waals surface area (Å²) in [5.74, 6) is 0.836. The Morgan fingerprint density at radius 1 is 1.24 bits per heavy atom. The molecule has 6 nitrogen and oxygen atoms in total. The van der Waals surface area contributed by atoms with Gasteiger partial charge in [0.25, 0.3) is 5.91 Å². The van der Waals surface area contributed by atoms with Gasteiger partial charge >= 0.3 is 0 Å². The largest absolute Gasteiger partial charge is 0.484 e. The van der Waals surface area contributed by atoms with E-state index in [1.165, 1.54) is 6.39 Å². The molecule has 0 aliphatic heterocycles. The molecular weight excluding hydrogens is 386 g/mol. The number of hydrogen-bond acceptors (Lipinski definition) is 5. The molecule has 0 aliphatic carbocycles. The van der Waals surface area contributed by atoms with Crippen molar-refractivity contribution in [2.24, 2.45) is 0 Å². The van der Waals surface area contributed by atoms with Crippen molar-refractivity contribution >= 4 is 21.8 Å². The maximum atomic E-state index is 12.1. The molecule has 0 fully saturated rings. The summed E-state index contributed by atoms with van der Waals surface area (Å²) < 4.78 is 11.6. The predicted octanol–water partition coefficient (Wildman–Crippen LogP) is 3.76. The Morgan fingerprint density at radius 3 is 2.68 bits per heavy atom. The van der Waals surface area contributed by atoms with E-state index in [4.69, 9.17) is 9.15 Å². The summed E-state index contributed by atoms with van der Waals surface area (Å²) >= 11 is 3.49. The van der Waals surface area contributed by atoms with Gasteiger partial charge in [-0.05, 0) is 42.8 Å². The van der Waals surface area contributed by atoms with Crippen molar-refractivity contribution in [2.45, 2.75) is 13.0 Å². The average Bonchev–Trinajstić information content (AvgIpc) is 3.15. The van der Waals surface area contributed by atoms with Gasteiger partial charge in [0.1, 0.15) is 5.75 Å². The molecule has 25 heavy (non-hydrogen) atoms. The number of carbonyl (C=O) groups is 1. The van der Waals surface area contributed by atoms with Gasteiger partial charge in [-0.1, -0.05) is 34.1 Å². The van der Waals surface area contributed by atoms with Gasteiger partial charge in [-0.25, -0.2) is 0 Å². The topological polar surface area (TPSA) is 77.2 Å². The summed E-state index contributed by atoms with van der Waals surface area (Å²) in [4.78, 5) is 12.1.